The number of methoxy groups -OCH3 is 1. The number of rotatable bonds is 7. The van der Waals surface area contributed by atoms with Gasteiger partial charge in [0.15, 0.2) is 0 Å². The van der Waals surface area contributed by atoms with E-state index < -0.39 is 10.0 Å². The van der Waals surface area contributed by atoms with Crippen molar-refractivity contribution in [3.63, 3.8) is 0 Å². The van der Waals surface area contributed by atoms with Crippen molar-refractivity contribution in [2.24, 2.45) is 5.41 Å². The smallest absolute Gasteiger partial charge is 0.241 e. The number of ether oxygens (including phenoxy) is 1. The van der Waals surface area contributed by atoms with Gasteiger partial charge in [0.25, 0.3) is 0 Å². The molecule has 1 saturated heterocycles. The Morgan fingerprint density at radius 2 is 1.69 bits per heavy atom. The molecule has 0 saturated carbocycles. The summed E-state index contributed by atoms with van der Waals surface area (Å²) in [6.07, 6.45) is 1.79. The summed E-state index contributed by atoms with van der Waals surface area (Å²) in [5.74, 6) is 0. The zero-order valence-corrected chi connectivity index (χ0v) is 15.9. The van der Waals surface area contributed by atoms with Crippen molar-refractivity contribution in [3.05, 3.63) is 54.6 Å². The predicted octanol–water partition coefficient (Wildman–Crippen LogP) is 2.65. The SMILES string of the molecule is COCC1(CNS(=O)(=O)c2ccccc2-c2ccccc2)CCNCC1. The van der Waals surface area contributed by atoms with Gasteiger partial charge in [-0.3, -0.25) is 0 Å². The van der Waals surface area contributed by atoms with Crippen molar-refractivity contribution < 1.29 is 13.2 Å². The Kier molecular flexibility index (Phi) is 6.09. The summed E-state index contributed by atoms with van der Waals surface area (Å²) < 4.78 is 34.3. The second kappa shape index (κ2) is 8.31. The summed E-state index contributed by atoms with van der Waals surface area (Å²) >= 11 is 0. The molecule has 0 spiro atoms. The minimum atomic E-state index is -3.62. The lowest BCUT2D eigenvalue weighted by Gasteiger charge is -2.37. The maximum atomic E-state index is 13.0. The van der Waals surface area contributed by atoms with Crippen molar-refractivity contribution in [1.29, 1.82) is 0 Å². The molecule has 0 unspecified atom stereocenters. The van der Waals surface area contributed by atoms with E-state index in [0.717, 1.165) is 31.5 Å². The van der Waals surface area contributed by atoms with Crippen LogP contribution in [0.2, 0.25) is 0 Å². The van der Waals surface area contributed by atoms with Crippen LogP contribution in [0.25, 0.3) is 11.1 Å². The van der Waals surface area contributed by atoms with Crippen LogP contribution in [-0.4, -0.2) is 41.8 Å². The second-order valence-corrected chi connectivity index (χ2v) is 8.61. The first-order valence-electron chi connectivity index (χ1n) is 8.90. The zero-order chi connectivity index (χ0) is 18.5. The third-order valence-corrected chi connectivity index (χ3v) is 6.47. The first-order valence-corrected chi connectivity index (χ1v) is 10.4. The van der Waals surface area contributed by atoms with Crippen LogP contribution in [0.4, 0.5) is 0 Å². The lowest BCUT2D eigenvalue weighted by molar-refractivity contribution is 0.0577. The first kappa shape index (κ1) is 19.0. The first-order chi connectivity index (χ1) is 12.6. The molecular weight excluding hydrogens is 348 g/mol. The molecule has 2 aromatic carbocycles. The molecule has 3 rings (SSSR count). The van der Waals surface area contributed by atoms with Gasteiger partial charge in [0.05, 0.1) is 11.5 Å². The van der Waals surface area contributed by atoms with Gasteiger partial charge in [-0.05, 0) is 37.6 Å². The van der Waals surface area contributed by atoms with Gasteiger partial charge in [-0.1, -0.05) is 48.5 Å². The van der Waals surface area contributed by atoms with Gasteiger partial charge in [0.1, 0.15) is 0 Å². The molecule has 1 fully saturated rings. The van der Waals surface area contributed by atoms with Gasteiger partial charge in [-0.2, -0.15) is 0 Å². The van der Waals surface area contributed by atoms with Crippen molar-refractivity contribution >= 4 is 10.0 Å². The highest BCUT2D eigenvalue weighted by molar-refractivity contribution is 7.89. The van der Waals surface area contributed by atoms with Gasteiger partial charge in [-0.15, -0.1) is 0 Å². The van der Waals surface area contributed by atoms with Crippen LogP contribution in [0.15, 0.2) is 59.5 Å². The Morgan fingerprint density at radius 1 is 1.04 bits per heavy atom. The average Bonchev–Trinajstić information content (AvgIpc) is 2.68. The molecule has 0 aliphatic carbocycles. The molecule has 1 heterocycles. The highest BCUT2D eigenvalue weighted by Gasteiger charge is 2.34. The Balaban J connectivity index is 1.85. The van der Waals surface area contributed by atoms with E-state index in [9.17, 15) is 8.42 Å². The molecule has 0 atom stereocenters. The quantitative estimate of drug-likeness (QED) is 0.782. The molecule has 0 bridgehead atoms. The van der Waals surface area contributed by atoms with Gasteiger partial charge in [0, 0.05) is 24.6 Å². The topological polar surface area (TPSA) is 67.4 Å². The van der Waals surface area contributed by atoms with Gasteiger partial charge >= 0.3 is 0 Å². The summed E-state index contributed by atoms with van der Waals surface area (Å²) in [4.78, 5) is 0.313. The van der Waals surface area contributed by atoms with Crippen LogP contribution < -0.4 is 10.0 Å². The lowest BCUT2D eigenvalue weighted by Crippen LogP contribution is -2.47. The standard InChI is InChI=1S/C20H26N2O3S/c1-25-16-20(11-13-21-14-12-20)15-22-26(23,24)19-10-6-5-9-18(19)17-7-3-2-4-8-17/h2-10,21-22H,11-16H2,1H3. The summed E-state index contributed by atoms with van der Waals surface area (Å²) in [5, 5.41) is 3.32. The van der Waals surface area contributed by atoms with Crippen LogP contribution in [-0.2, 0) is 14.8 Å². The monoisotopic (exact) mass is 374 g/mol. The maximum Gasteiger partial charge on any atom is 0.241 e. The van der Waals surface area contributed by atoms with E-state index in [2.05, 4.69) is 10.0 Å². The van der Waals surface area contributed by atoms with E-state index >= 15 is 0 Å². The fourth-order valence-electron chi connectivity index (χ4n) is 3.52. The molecule has 6 heteroatoms. The molecule has 0 radical (unpaired) electrons. The van der Waals surface area contributed by atoms with E-state index in [1.54, 1.807) is 19.2 Å². The van der Waals surface area contributed by atoms with Gasteiger partial charge in [0.2, 0.25) is 10.0 Å². The Morgan fingerprint density at radius 3 is 2.38 bits per heavy atom. The number of sulfonamides is 1. The van der Waals surface area contributed by atoms with E-state index in [4.69, 9.17) is 4.74 Å². The highest BCUT2D eigenvalue weighted by Crippen LogP contribution is 2.30. The molecule has 0 aromatic heterocycles. The van der Waals surface area contributed by atoms with Gasteiger partial charge < -0.3 is 10.1 Å². The molecule has 2 aromatic rings. The molecular formula is C20H26N2O3S. The molecule has 1 aliphatic heterocycles. The fourth-order valence-corrected chi connectivity index (χ4v) is 4.90. The van der Waals surface area contributed by atoms with Crippen LogP contribution in [0.1, 0.15) is 12.8 Å². The summed E-state index contributed by atoms with van der Waals surface area (Å²) in [7, 11) is -1.95. The van der Waals surface area contributed by atoms with Crippen LogP contribution in [0.5, 0.6) is 0 Å². The van der Waals surface area contributed by atoms with Crippen molar-refractivity contribution in [3.8, 4) is 11.1 Å². The third kappa shape index (κ3) is 4.32. The minimum absolute atomic E-state index is 0.158. The highest BCUT2D eigenvalue weighted by atomic mass is 32.2. The lowest BCUT2D eigenvalue weighted by atomic mass is 9.80. The number of benzene rings is 2. The average molecular weight is 375 g/mol. The van der Waals surface area contributed by atoms with Crippen molar-refractivity contribution in [1.82, 2.24) is 10.0 Å². The maximum absolute atomic E-state index is 13.0. The Hall–Kier alpha value is -1.73. The Bertz CT molecular complexity index is 810. The molecule has 2 N–H and O–H groups in total. The number of hydrogen-bond acceptors (Lipinski definition) is 4. The second-order valence-electron chi connectivity index (χ2n) is 6.87. The molecule has 26 heavy (non-hydrogen) atoms. The largest absolute Gasteiger partial charge is 0.384 e. The molecule has 5 nitrogen and oxygen atoms in total. The third-order valence-electron chi connectivity index (χ3n) is 5.01. The van der Waals surface area contributed by atoms with Crippen LogP contribution in [0, 0.1) is 5.41 Å². The molecule has 1 aliphatic rings. The van der Waals surface area contributed by atoms with Gasteiger partial charge in [-0.25, -0.2) is 13.1 Å². The zero-order valence-electron chi connectivity index (χ0n) is 15.1. The molecule has 0 amide bonds. The van der Waals surface area contributed by atoms with Crippen molar-refractivity contribution in [2.75, 3.05) is 33.4 Å². The van der Waals surface area contributed by atoms with Crippen molar-refractivity contribution in [2.45, 2.75) is 17.7 Å². The van der Waals surface area contributed by atoms with Crippen LogP contribution in [0.3, 0.4) is 0 Å². The number of nitrogens with one attached hydrogen (secondary N) is 2. The fraction of sp³-hybridized carbons (Fsp3) is 0.400. The van der Waals surface area contributed by atoms with E-state index in [0.29, 0.717) is 23.6 Å². The van der Waals surface area contributed by atoms with E-state index in [1.807, 2.05) is 42.5 Å². The minimum Gasteiger partial charge on any atom is -0.384 e. The summed E-state index contributed by atoms with van der Waals surface area (Å²) in [5.41, 5.74) is 1.45. The summed E-state index contributed by atoms with van der Waals surface area (Å²) in [6, 6.07) is 16.7. The summed E-state index contributed by atoms with van der Waals surface area (Å²) in [6.45, 7) is 2.70. The molecule has 140 valence electrons. The van der Waals surface area contributed by atoms with E-state index in [1.165, 1.54) is 0 Å². The normalized spacial score (nSPS) is 17.1. The Labute approximate surface area is 155 Å². The van der Waals surface area contributed by atoms with Crippen LogP contribution >= 0.6 is 0 Å². The van der Waals surface area contributed by atoms with E-state index in [-0.39, 0.29) is 5.41 Å². The number of hydrogen-bond donors (Lipinski definition) is 2. The number of piperidine rings is 1. The predicted molar refractivity (Wildman–Crippen MR) is 103 cm³/mol.